The summed E-state index contributed by atoms with van der Waals surface area (Å²) in [6, 6.07) is 17.3. The van der Waals surface area contributed by atoms with Crippen LogP contribution in [0.3, 0.4) is 0 Å². The number of carbonyl (C=O) groups is 3. The van der Waals surface area contributed by atoms with Crippen LogP contribution in [0.15, 0.2) is 65.7 Å². The van der Waals surface area contributed by atoms with Gasteiger partial charge in [0.1, 0.15) is 6.54 Å². The highest BCUT2D eigenvalue weighted by Crippen LogP contribution is 2.31. The second-order valence-electron chi connectivity index (χ2n) is 6.64. The molecule has 7 heteroatoms. The Morgan fingerprint density at radius 2 is 1.83 bits per heavy atom. The quantitative estimate of drug-likeness (QED) is 0.615. The predicted molar refractivity (Wildman–Crippen MR) is 114 cm³/mol. The van der Waals surface area contributed by atoms with E-state index in [1.54, 1.807) is 6.08 Å². The van der Waals surface area contributed by atoms with Gasteiger partial charge in [-0.2, -0.15) is 0 Å². The summed E-state index contributed by atoms with van der Waals surface area (Å²) in [7, 11) is 0. The Hall–Kier alpha value is -3.32. The molecule has 6 nitrogen and oxygen atoms in total. The lowest BCUT2D eigenvalue weighted by Gasteiger charge is -2.12. The molecule has 2 aromatic carbocycles. The second kappa shape index (κ2) is 8.36. The van der Waals surface area contributed by atoms with Crippen molar-refractivity contribution >= 4 is 45.8 Å². The zero-order valence-electron chi connectivity index (χ0n) is 15.6. The number of carbonyl (C=O) groups excluding carboxylic acids is 3. The van der Waals surface area contributed by atoms with Gasteiger partial charge in [-0.05, 0) is 41.5 Å². The predicted octanol–water partition coefficient (Wildman–Crippen LogP) is 3.56. The molecule has 3 aromatic rings. The number of para-hydroxylation sites is 1. The zero-order chi connectivity index (χ0) is 20.2. The molecule has 1 aliphatic rings. The molecule has 0 saturated carbocycles. The second-order valence-corrected chi connectivity index (χ2v) is 7.63. The summed E-state index contributed by atoms with van der Waals surface area (Å²) < 4.78 is 0. The molecular weight excluding hydrogens is 386 g/mol. The van der Waals surface area contributed by atoms with Gasteiger partial charge in [-0.3, -0.25) is 19.3 Å². The number of aromatic nitrogens is 1. The van der Waals surface area contributed by atoms with Crippen LogP contribution in [0.4, 0.5) is 4.79 Å². The number of aromatic amines is 1. The molecule has 146 valence electrons. The van der Waals surface area contributed by atoms with Gasteiger partial charge in [-0.1, -0.05) is 48.5 Å². The summed E-state index contributed by atoms with van der Waals surface area (Å²) in [6.07, 6.45) is 4.26. The summed E-state index contributed by atoms with van der Waals surface area (Å²) in [5.74, 6) is -0.788. The van der Waals surface area contributed by atoms with Crippen molar-refractivity contribution in [2.75, 3.05) is 13.1 Å². The van der Waals surface area contributed by atoms with Gasteiger partial charge in [0.25, 0.3) is 11.1 Å². The molecule has 29 heavy (non-hydrogen) atoms. The molecule has 2 N–H and O–H groups in total. The number of imide groups is 1. The van der Waals surface area contributed by atoms with Crippen LogP contribution >= 0.6 is 11.8 Å². The first-order chi connectivity index (χ1) is 14.1. The van der Waals surface area contributed by atoms with Gasteiger partial charge in [0.15, 0.2) is 0 Å². The number of rotatable bonds is 6. The van der Waals surface area contributed by atoms with Crippen molar-refractivity contribution in [1.82, 2.24) is 15.2 Å². The van der Waals surface area contributed by atoms with Crippen molar-refractivity contribution in [3.63, 3.8) is 0 Å². The Balaban J connectivity index is 1.33. The fourth-order valence-corrected chi connectivity index (χ4v) is 4.05. The third kappa shape index (κ3) is 4.25. The molecule has 1 aromatic heterocycles. The van der Waals surface area contributed by atoms with E-state index in [1.165, 1.54) is 0 Å². The number of nitrogens with one attached hydrogen (secondary N) is 2. The Morgan fingerprint density at radius 1 is 1.07 bits per heavy atom. The van der Waals surface area contributed by atoms with Crippen LogP contribution < -0.4 is 5.32 Å². The molecule has 1 aliphatic heterocycles. The van der Waals surface area contributed by atoms with E-state index in [2.05, 4.69) is 10.3 Å². The van der Waals surface area contributed by atoms with E-state index in [1.807, 2.05) is 60.8 Å². The fraction of sp³-hybridized carbons (Fsp3) is 0.136. The summed E-state index contributed by atoms with van der Waals surface area (Å²) in [4.78, 5) is 41.4. The van der Waals surface area contributed by atoms with Crippen molar-refractivity contribution in [2.24, 2.45) is 0 Å². The van der Waals surface area contributed by atoms with Crippen molar-refractivity contribution in [3.8, 4) is 0 Å². The van der Waals surface area contributed by atoms with Crippen LogP contribution in [0.5, 0.6) is 0 Å². The Morgan fingerprint density at radius 3 is 2.66 bits per heavy atom. The number of benzene rings is 2. The lowest BCUT2D eigenvalue weighted by Crippen LogP contribution is -2.40. The lowest BCUT2D eigenvalue weighted by molar-refractivity contribution is -0.129. The molecule has 0 atom stereocenters. The highest BCUT2D eigenvalue weighted by atomic mass is 32.2. The number of fused-ring (bicyclic) bond motifs is 1. The number of thioether (sulfide) groups is 1. The van der Waals surface area contributed by atoms with Gasteiger partial charge in [0.05, 0.1) is 4.91 Å². The Bertz CT molecular complexity index is 1100. The topological polar surface area (TPSA) is 82.3 Å². The van der Waals surface area contributed by atoms with Gasteiger partial charge >= 0.3 is 0 Å². The third-order valence-corrected chi connectivity index (χ3v) is 5.57. The highest BCUT2D eigenvalue weighted by Gasteiger charge is 2.36. The Labute approximate surface area is 172 Å². The first-order valence-corrected chi connectivity index (χ1v) is 10.1. The molecule has 3 amide bonds. The molecule has 4 rings (SSSR count). The molecule has 0 aliphatic carbocycles. The maximum absolute atomic E-state index is 12.5. The summed E-state index contributed by atoms with van der Waals surface area (Å²) >= 11 is 0.856. The van der Waals surface area contributed by atoms with Gasteiger partial charge < -0.3 is 10.3 Å². The number of amides is 3. The van der Waals surface area contributed by atoms with E-state index in [9.17, 15) is 14.4 Å². The molecular formula is C22H19N3O3S. The normalized spacial score (nSPS) is 15.4. The highest BCUT2D eigenvalue weighted by molar-refractivity contribution is 8.18. The van der Waals surface area contributed by atoms with E-state index in [0.717, 1.165) is 38.7 Å². The number of H-pyrrole nitrogens is 1. The van der Waals surface area contributed by atoms with E-state index in [0.29, 0.717) is 17.9 Å². The molecule has 0 bridgehead atoms. The lowest BCUT2D eigenvalue weighted by atomic mass is 10.1. The van der Waals surface area contributed by atoms with E-state index in [-0.39, 0.29) is 12.5 Å². The van der Waals surface area contributed by atoms with Crippen molar-refractivity contribution in [1.29, 1.82) is 0 Å². The number of hydrogen-bond acceptors (Lipinski definition) is 4. The van der Waals surface area contributed by atoms with E-state index in [4.69, 9.17) is 0 Å². The minimum absolute atomic E-state index is 0.273. The van der Waals surface area contributed by atoms with Gasteiger partial charge in [-0.15, -0.1) is 0 Å². The summed E-state index contributed by atoms with van der Waals surface area (Å²) in [6.45, 7) is 0.154. The number of nitrogens with zero attached hydrogens (tertiary/aromatic N) is 1. The van der Waals surface area contributed by atoms with Crippen molar-refractivity contribution in [2.45, 2.75) is 6.42 Å². The molecule has 1 fully saturated rings. The van der Waals surface area contributed by atoms with Crippen LogP contribution in [0.25, 0.3) is 17.0 Å². The molecule has 2 heterocycles. The summed E-state index contributed by atoms with van der Waals surface area (Å²) in [5, 5.41) is 3.49. The molecule has 1 saturated heterocycles. The Kier molecular flexibility index (Phi) is 5.48. The molecule has 0 radical (unpaired) electrons. The minimum Gasteiger partial charge on any atom is -0.361 e. The standard InChI is InChI=1S/C22H19N3O3S/c26-20(23-11-10-16-13-24-18-9-5-4-8-17(16)18)14-25-21(27)19(29-22(25)28)12-15-6-2-1-3-7-15/h1-9,12-13,24H,10-11,14H2,(H,23,26). The largest absolute Gasteiger partial charge is 0.361 e. The maximum atomic E-state index is 12.5. The van der Waals surface area contributed by atoms with Gasteiger partial charge in [0.2, 0.25) is 5.91 Å². The first kappa shape index (κ1) is 19.0. The van der Waals surface area contributed by atoms with Crippen molar-refractivity contribution < 1.29 is 14.4 Å². The average Bonchev–Trinajstić information content (AvgIpc) is 3.25. The smallest absolute Gasteiger partial charge is 0.294 e. The minimum atomic E-state index is -0.435. The third-order valence-electron chi connectivity index (χ3n) is 4.66. The first-order valence-electron chi connectivity index (χ1n) is 9.24. The molecule has 0 unspecified atom stereocenters. The van der Waals surface area contributed by atoms with Crippen LogP contribution in [-0.2, 0) is 16.0 Å². The van der Waals surface area contributed by atoms with Crippen LogP contribution in [0.2, 0.25) is 0 Å². The van der Waals surface area contributed by atoms with Crippen LogP contribution in [0, 0.1) is 0 Å². The molecule has 0 spiro atoms. The van der Waals surface area contributed by atoms with Crippen LogP contribution in [0.1, 0.15) is 11.1 Å². The van der Waals surface area contributed by atoms with Gasteiger partial charge in [-0.25, -0.2) is 0 Å². The number of hydrogen-bond donors (Lipinski definition) is 2. The van der Waals surface area contributed by atoms with Crippen molar-refractivity contribution in [3.05, 3.63) is 76.8 Å². The van der Waals surface area contributed by atoms with E-state index >= 15 is 0 Å². The maximum Gasteiger partial charge on any atom is 0.294 e. The fourth-order valence-electron chi connectivity index (χ4n) is 3.21. The van der Waals surface area contributed by atoms with E-state index < -0.39 is 11.1 Å². The SMILES string of the molecule is O=C(CN1C(=O)SC(=Cc2ccccc2)C1=O)NCCc1c[nH]c2ccccc12. The van der Waals surface area contributed by atoms with Gasteiger partial charge in [0, 0.05) is 23.6 Å². The van der Waals surface area contributed by atoms with Crippen LogP contribution in [-0.4, -0.2) is 40.0 Å². The monoisotopic (exact) mass is 405 g/mol. The average molecular weight is 405 g/mol. The summed E-state index contributed by atoms with van der Waals surface area (Å²) in [5.41, 5.74) is 3.00. The zero-order valence-corrected chi connectivity index (χ0v) is 16.4.